The number of aryl methyl sites for hydroxylation is 1. The first kappa shape index (κ1) is 12.8. The van der Waals surface area contributed by atoms with Crippen molar-refractivity contribution in [1.82, 2.24) is 5.43 Å². The van der Waals surface area contributed by atoms with E-state index in [2.05, 4.69) is 54.2 Å². The van der Waals surface area contributed by atoms with Crippen molar-refractivity contribution in [2.75, 3.05) is 11.5 Å². The lowest BCUT2D eigenvalue weighted by Gasteiger charge is -2.34. The molecule has 16 heavy (non-hydrogen) atoms. The average Bonchev–Trinajstić information content (AvgIpc) is 2.69. The van der Waals surface area contributed by atoms with Crippen molar-refractivity contribution >= 4 is 34.9 Å². The molecule has 1 aromatic rings. The fourth-order valence-corrected chi connectivity index (χ4v) is 6.07. The van der Waals surface area contributed by atoms with Crippen LogP contribution in [0.5, 0.6) is 0 Å². The minimum atomic E-state index is 0.299. The largest absolute Gasteiger partial charge is 0.271 e. The predicted octanol–water partition coefficient (Wildman–Crippen LogP) is 2.80. The van der Waals surface area contributed by atoms with E-state index in [-0.39, 0.29) is 0 Å². The number of hydrazine groups is 1. The molecule has 2 heterocycles. The van der Waals surface area contributed by atoms with Gasteiger partial charge < -0.3 is 0 Å². The number of rotatable bonds is 3. The first-order chi connectivity index (χ1) is 7.74. The molecule has 0 aliphatic carbocycles. The van der Waals surface area contributed by atoms with Gasteiger partial charge in [0.05, 0.1) is 6.04 Å². The minimum Gasteiger partial charge on any atom is -0.271 e. The van der Waals surface area contributed by atoms with Gasteiger partial charge in [-0.25, -0.2) is 0 Å². The van der Waals surface area contributed by atoms with Crippen LogP contribution in [0.2, 0.25) is 0 Å². The van der Waals surface area contributed by atoms with Crippen LogP contribution in [-0.2, 0) is 0 Å². The third-order valence-electron chi connectivity index (χ3n) is 2.93. The zero-order chi connectivity index (χ0) is 11.5. The minimum absolute atomic E-state index is 0.299. The van der Waals surface area contributed by atoms with Gasteiger partial charge in [-0.1, -0.05) is 6.92 Å². The quantitative estimate of drug-likeness (QED) is 0.656. The number of nitrogens with two attached hydrogens (primary N) is 1. The van der Waals surface area contributed by atoms with Crippen molar-refractivity contribution in [3.63, 3.8) is 0 Å². The van der Waals surface area contributed by atoms with Gasteiger partial charge in [0.15, 0.2) is 0 Å². The summed E-state index contributed by atoms with van der Waals surface area (Å²) in [5, 5.41) is 3.41. The van der Waals surface area contributed by atoms with E-state index in [0.717, 1.165) is 0 Å². The molecule has 3 atom stereocenters. The molecule has 0 bridgehead atoms. The maximum absolute atomic E-state index is 5.76. The number of thioether (sulfide) groups is 2. The first-order valence-corrected chi connectivity index (χ1v) is 8.45. The van der Waals surface area contributed by atoms with E-state index in [0.29, 0.717) is 16.5 Å². The Morgan fingerprint density at radius 2 is 2.19 bits per heavy atom. The molecule has 1 aliphatic rings. The molecule has 0 amide bonds. The first-order valence-electron chi connectivity index (χ1n) is 5.47. The average molecular weight is 274 g/mol. The Bertz CT molecular complexity index is 340. The Hall–Kier alpha value is 0.320. The zero-order valence-electron chi connectivity index (χ0n) is 9.60. The molecule has 0 spiro atoms. The molecule has 0 aromatic carbocycles. The smallest absolute Gasteiger partial charge is 0.0684 e. The molecule has 2 rings (SSSR count). The second-order valence-corrected chi connectivity index (χ2v) is 7.74. The van der Waals surface area contributed by atoms with Crippen LogP contribution in [0.3, 0.4) is 0 Å². The highest BCUT2D eigenvalue weighted by Crippen LogP contribution is 2.40. The summed E-state index contributed by atoms with van der Waals surface area (Å²) < 4.78 is 0. The number of nitrogens with one attached hydrogen (secondary N) is 1. The molecule has 90 valence electrons. The van der Waals surface area contributed by atoms with Crippen LogP contribution in [0.15, 0.2) is 11.4 Å². The Morgan fingerprint density at radius 1 is 1.44 bits per heavy atom. The molecule has 3 unspecified atom stereocenters. The van der Waals surface area contributed by atoms with Gasteiger partial charge in [0.2, 0.25) is 0 Å². The maximum atomic E-state index is 5.76. The molecule has 5 heteroatoms. The summed E-state index contributed by atoms with van der Waals surface area (Å²) in [5.74, 6) is 8.27. The maximum Gasteiger partial charge on any atom is 0.0684 e. The summed E-state index contributed by atoms with van der Waals surface area (Å²) in [6.45, 7) is 4.48. The highest BCUT2D eigenvalue weighted by Gasteiger charge is 2.32. The highest BCUT2D eigenvalue weighted by atomic mass is 32.2. The second-order valence-electron chi connectivity index (χ2n) is 4.02. The lowest BCUT2D eigenvalue weighted by molar-refractivity contribution is 0.533. The molecular formula is C11H18N2S3. The molecule has 0 saturated carbocycles. The van der Waals surface area contributed by atoms with Gasteiger partial charge in [0.25, 0.3) is 0 Å². The Balaban J connectivity index is 2.18. The fourth-order valence-electron chi connectivity index (χ4n) is 2.04. The van der Waals surface area contributed by atoms with Gasteiger partial charge in [-0.15, -0.1) is 11.3 Å². The van der Waals surface area contributed by atoms with E-state index >= 15 is 0 Å². The Morgan fingerprint density at radius 3 is 2.75 bits per heavy atom. The highest BCUT2D eigenvalue weighted by molar-refractivity contribution is 8.07. The van der Waals surface area contributed by atoms with Crippen LogP contribution in [0.25, 0.3) is 0 Å². The molecule has 3 N–H and O–H groups in total. The topological polar surface area (TPSA) is 38.0 Å². The van der Waals surface area contributed by atoms with Crippen molar-refractivity contribution < 1.29 is 0 Å². The van der Waals surface area contributed by atoms with Crippen LogP contribution in [0.4, 0.5) is 0 Å². The van der Waals surface area contributed by atoms with E-state index in [9.17, 15) is 0 Å². The number of thiophene rings is 1. The molecular weight excluding hydrogens is 256 g/mol. The van der Waals surface area contributed by atoms with Crippen molar-refractivity contribution in [2.45, 2.75) is 30.4 Å². The van der Waals surface area contributed by atoms with Crippen molar-refractivity contribution in [3.05, 3.63) is 21.9 Å². The summed E-state index contributed by atoms with van der Waals surface area (Å²) in [5.41, 5.74) is 4.38. The van der Waals surface area contributed by atoms with Gasteiger partial charge in [0.1, 0.15) is 0 Å². The standard InChI is InChI=1S/C11H18N2S3/c1-7-3-4-15-10(7)9(13-12)11-8(2)14-5-6-16-11/h3-4,8-9,11,13H,5-6,12H2,1-2H3. The summed E-state index contributed by atoms with van der Waals surface area (Å²) in [4.78, 5) is 1.40. The normalized spacial score (nSPS) is 27.9. The molecule has 1 aromatic heterocycles. The SMILES string of the molecule is Cc1ccsc1C(NN)C1SCCSC1C. The van der Waals surface area contributed by atoms with Crippen molar-refractivity contribution in [2.24, 2.45) is 5.84 Å². The summed E-state index contributed by atoms with van der Waals surface area (Å²) >= 11 is 5.93. The number of hydrogen-bond donors (Lipinski definition) is 2. The van der Waals surface area contributed by atoms with Crippen LogP contribution in [-0.4, -0.2) is 22.0 Å². The zero-order valence-corrected chi connectivity index (χ0v) is 12.1. The third kappa shape index (κ3) is 2.59. The van der Waals surface area contributed by atoms with Gasteiger partial charge in [-0.05, 0) is 23.9 Å². The lowest BCUT2D eigenvalue weighted by atomic mass is 10.1. The lowest BCUT2D eigenvalue weighted by Crippen LogP contribution is -2.40. The number of hydrogen-bond acceptors (Lipinski definition) is 5. The molecule has 1 fully saturated rings. The van der Waals surface area contributed by atoms with Crippen LogP contribution < -0.4 is 11.3 Å². The Labute approximate surface area is 110 Å². The van der Waals surface area contributed by atoms with E-state index in [4.69, 9.17) is 5.84 Å². The van der Waals surface area contributed by atoms with E-state index in [1.807, 2.05) is 11.3 Å². The summed E-state index contributed by atoms with van der Waals surface area (Å²) in [6, 6.07) is 2.48. The van der Waals surface area contributed by atoms with Gasteiger partial charge in [0, 0.05) is 26.9 Å². The monoisotopic (exact) mass is 274 g/mol. The van der Waals surface area contributed by atoms with E-state index in [1.54, 1.807) is 0 Å². The predicted molar refractivity (Wildman–Crippen MR) is 77.3 cm³/mol. The van der Waals surface area contributed by atoms with Crippen LogP contribution >= 0.6 is 34.9 Å². The van der Waals surface area contributed by atoms with Crippen LogP contribution in [0.1, 0.15) is 23.4 Å². The van der Waals surface area contributed by atoms with E-state index in [1.165, 1.54) is 21.9 Å². The summed E-state index contributed by atoms with van der Waals surface area (Å²) in [6.07, 6.45) is 0. The van der Waals surface area contributed by atoms with Crippen LogP contribution in [0, 0.1) is 6.92 Å². The van der Waals surface area contributed by atoms with E-state index < -0.39 is 0 Å². The van der Waals surface area contributed by atoms with Gasteiger partial charge >= 0.3 is 0 Å². The fraction of sp³-hybridized carbons (Fsp3) is 0.636. The summed E-state index contributed by atoms with van der Waals surface area (Å²) in [7, 11) is 0. The molecule has 2 nitrogen and oxygen atoms in total. The van der Waals surface area contributed by atoms with Gasteiger partial charge in [-0.2, -0.15) is 23.5 Å². The molecule has 1 saturated heterocycles. The third-order valence-corrected chi connectivity index (χ3v) is 7.23. The molecule has 1 aliphatic heterocycles. The Kier molecular flexibility index (Phi) is 4.61. The van der Waals surface area contributed by atoms with Crippen molar-refractivity contribution in [3.8, 4) is 0 Å². The molecule has 0 radical (unpaired) electrons. The van der Waals surface area contributed by atoms with Gasteiger partial charge in [-0.3, -0.25) is 11.3 Å². The second kappa shape index (κ2) is 5.78. The van der Waals surface area contributed by atoms with Crippen molar-refractivity contribution in [1.29, 1.82) is 0 Å².